The predicted octanol–water partition coefficient (Wildman–Crippen LogP) is 4.53. The Labute approximate surface area is 147 Å². The third-order valence-electron chi connectivity index (χ3n) is 4.43. The SMILES string of the molecule is CC(NCc1ccc(Cn2ccnc2)cc1)c1cc2ccccc2o1. The van der Waals surface area contributed by atoms with Crippen LogP contribution in [0.5, 0.6) is 0 Å². The van der Waals surface area contributed by atoms with E-state index in [1.807, 2.05) is 30.7 Å². The highest BCUT2D eigenvalue weighted by Gasteiger charge is 2.10. The van der Waals surface area contributed by atoms with E-state index in [1.54, 1.807) is 6.20 Å². The number of benzene rings is 2. The maximum Gasteiger partial charge on any atom is 0.134 e. The number of nitrogens with one attached hydrogen (secondary N) is 1. The van der Waals surface area contributed by atoms with Crippen LogP contribution in [0, 0.1) is 0 Å². The van der Waals surface area contributed by atoms with Gasteiger partial charge in [0.25, 0.3) is 0 Å². The van der Waals surface area contributed by atoms with Crippen molar-refractivity contribution in [2.24, 2.45) is 0 Å². The fraction of sp³-hybridized carbons (Fsp3) is 0.190. The number of furan rings is 1. The zero-order valence-electron chi connectivity index (χ0n) is 14.2. The Morgan fingerprint density at radius 3 is 2.64 bits per heavy atom. The van der Waals surface area contributed by atoms with Crippen molar-refractivity contribution in [3.63, 3.8) is 0 Å². The molecule has 0 bridgehead atoms. The minimum Gasteiger partial charge on any atom is -0.459 e. The molecule has 2 heterocycles. The van der Waals surface area contributed by atoms with Gasteiger partial charge in [-0.2, -0.15) is 0 Å². The molecular weight excluding hydrogens is 310 g/mol. The first-order chi connectivity index (χ1) is 12.3. The number of para-hydroxylation sites is 1. The molecule has 0 aliphatic heterocycles. The normalized spacial score (nSPS) is 12.5. The van der Waals surface area contributed by atoms with Crippen LogP contribution >= 0.6 is 0 Å². The lowest BCUT2D eigenvalue weighted by atomic mass is 10.1. The molecule has 4 rings (SSSR count). The number of rotatable bonds is 6. The van der Waals surface area contributed by atoms with Gasteiger partial charge < -0.3 is 14.3 Å². The molecule has 1 N–H and O–H groups in total. The smallest absolute Gasteiger partial charge is 0.134 e. The molecule has 4 nitrogen and oxygen atoms in total. The number of aromatic nitrogens is 2. The van der Waals surface area contributed by atoms with Crippen LogP contribution in [0.4, 0.5) is 0 Å². The van der Waals surface area contributed by atoms with Crippen molar-refractivity contribution >= 4 is 11.0 Å². The van der Waals surface area contributed by atoms with Crippen molar-refractivity contribution < 1.29 is 4.42 Å². The molecule has 1 unspecified atom stereocenters. The van der Waals surface area contributed by atoms with Crippen molar-refractivity contribution in [1.82, 2.24) is 14.9 Å². The van der Waals surface area contributed by atoms with Gasteiger partial charge in [0.2, 0.25) is 0 Å². The Kier molecular flexibility index (Phi) is 4.36. The number of fused-ring (bicyclic) bond motifs is 1. The summed E-state index contributed by atoms with van der Waals surface area (Å²) in [6.45, 7) is 3.79. The summed E-state index contributed by atoms with van der Waals surface area (Å²) in [7, 11) is 0. The molecule has 126 valence electrons. The van der Waals surface area contributed by atoms with Crippen molar-refractivity contribution in [1.29, 1.82) is 0 Å². The summed E-state index contributed by atoms with van der Waals surface area (Å²) in [5.41, 5.74) is 3.47. The van der Waals surface area contributed by atoms with E-state index < -0.39 is 0 Å². The van der Waals surface area contributed by atoms with Crippen LogP contribution in [0.15, 0.2) is 77.7 Å². The third-order valence-corrected chi connectivity index (χ3v) is 4.43. The van der Waals surface area contributed by atoms with Gasteiger partial charge in [-0.1, -0.05) is 42.5 Å². The van der Waals surface area contributed by atoms with Crippen LogP contribution in [-0.4, -0.2) is 9.55 Å². The fourth-order valence-corrected chi connectivity index (χ4v) is 2.94. The van der Waals surface area contributed by atoms with Crippen LogP contribution in [0.3, 0.4) is 0 Å². The first-order valence-electron chi connectivity index (χ1n) is 8.53. The molecular formula is C21H21N3O. The Hall–Kier alpha value is -2.85. The van der Waals surface area contributed by atoms with Crippen molar-refractivity contribution in [2.75, 3.05) is 0 Å². The summed E-state index contributed by atoms with van der Waals surface area (Å²) in [5, 5.41) is 4.68. The van der Waals surface area contributed by atoms with E-state index in [4.69, 9.17) is 4.42 Å². The summed E-state index contributed by atoms with van der Waals surface area (Å²) in [6.07, 6.45) is 5.62. The van der Waals surface area contributed by atoms with Gasteiger partial charge in [-0.25, -0.2) is 4.98 Å². The molecule has 0 aliphatic carbocycles. The van der Waals surface area contributed by atoms with Gasteiger partial charge in [-0.3, -0.25) is 0 Å². The summed E-state index contributed by atoms with van der Waals surface area (Å²) in [5.74, 6) is 0.970. The zero-order chi connectivity index (χ0) is 17.1. The second-order valence-electron chi connectivity index (χ2n) is 6.34. The van der Waals surface area contributed by atoms with E-state index in [0.717, 1.165) is 29.8 Å². The molecule has 0 saturated carbocycles. The maximum absolute atomic E-state index is 5.92. The lowest BCUT2D eigenvalue weighted by molar-refractivity contribution is 0.451. The Bertz CT molecular complexity index is 906. The van der Waals surface area contributed by atoms with Crippen molar-refractivity contribution in [3.8, 4) is 0 Å². The second-order valence-corrected chi connectivity index (χ2v) is 6.34. The Morgan fingerprint density at radius 2 is 1.88 bits per heavy atom. The van der Waals surface area contributed by atoms with E-state index in [1.165, 1.54) is 11.1 Å². The molecule has 2 aromatic carbocycles. The molecule has 0 spiro atoms. The zero-order valence-corrected chi connectivity index (χ0v) is 14.2. The molecule has 2 aromatic heterocycles. The van der Waals surface area contributed by atoms with Gasteiger partial charge in [0, 0.05) is 30.9 Å². The Balaban J connectivity index is 1.37. The van der Waals surface area contributed by atoms with Gasteiger partial charge in [-0.05, 0) is 30.2 Å². The molecule has 4 heteroatoms. The van der Waals surface area contributed by atoms with E-state index in [9.17, 15) is 0 Å². The van der Waals surface area contributed by atoms with Crippen LogP contribution in [-0.2, 0) is 13.1 Å². The lowest BCUT2D eigenvalue weighted by Crippen LogP contribution is -2.17. The summed E-state index contributed by atoms with van der Waals surface area (Å²) in [6, 6.07) is 19.1. The van der Waals surface area contributed by atoms with Gasteiger partial charge in [-0.15, -0.1) is 0 Å². The number of hydrogen-bond acceptors (Lipinski definition) is 3. The number of imidazole rings is 1. The number of nitrogens with zero attached hydrogens (tertiary/aromatic N) is 2. The highest BCUT2D eigenvalue weighted by Crippen LogP contribution is 2.23. The molecule has 25 heavy (non-hydrogen) atoms. The average molecular weight is 331 g/mol. The topological polar surface area (TPSA) is 43.0 Å². The monoisotopic (exact) mass is 331 g/mol. The highest BCUT2D eigenvalue weighted by molar-refractivity contribution is 5.77. The lowest BCUT2D eigenvalue weighted by Gasteiger charge is -2.12. The minimum atomic E-state index is 0.165. The predicted molar refractivity (Wildman–Crippen MR) is 99.2 cm³/mol. The average Bonchev–Trinajstić information content (AvgIpc) is 3.30. The molecule has 4 aromatic rings. The van der Waals surface area contributed by atoms with Gasteiger partial charge in [0.1, 0.15) is 11.3 Å². The molecule has 0 amide bonds. The highest BCUT2D eigenvalue weighted by atomic mass is 16.3. The molecule has 0 saturated heterocycles. The third kappa shape index (κ3) is 3.64. The van der Waals surface area contributed by atoms with E-state index in [2.05, 4.69) is 58.2 Å². The largest absolute Gasteiger partial charge is 0.459 e. The van der Waals surface area contributed by atoms with E-state index >= 15 is 0 Å². The minimum absolute atomic E-state index is 0.165. The van der Waals surface area contributed by atoms with Crippen LogP contribution in [0.1, 0.15) is 29.9 Å². The first-order valence-corrected chi connectivity index (χ1v) is 8.53. The van der Waals surface area contributed by atoms with Crippen LogP contribution < -0.4 is 5.32 Å². The second kappa shape index (κ2) is 6.95. The summed E-state index contributed by atoms with van der Waals surface area (Å²) in [4.78, 5) is 4.07. The van der Waals surface area contributed by atoms with Crippen molar-refractivity contribution in [3.05, 3.63) is 90.2 Å². The summed E-state index contributed by atoms with van der Waals surface area (Å²) >= 11 is 0. The van der Waals surface area contributed by atoms with Gasteiger partial charge in [0.05, 0.1) is 12.4 Å². The molecule has 0 radical (unpaired) electrons. The summed E-state index contributed by atoms with van der Waals surface area (Å²) < 4.78 is 7.99. The first kappa shape index (κ1) is 15.7. The van der Waals surface area contributed by atoms with Crippen LogP contribution in [0.25, 0.3) is 11.0 Å². The molecule has 0 fully saturated rings. The quantitative estimate of drug-likeness (QED) is 0.564. The Morgan fingerprint density at radius 1 is 1.08 bits per heavy atom. The number of hydrogen-bond donors (Lipinski definition) is 1. The molecule has 0 aliphatic rings. The van der Waals surface area contributed by atoms with Gasteiger partial charge in [0.15, 0.2) is 0 Å². The van der Waals surface area contributed by atoms with Crippen LogP contribution in [0.2, 0.25) is 0 Å². The van der Waals surface area contributed by atoms with E-state index in [-0.39, 0.29) is 6.04 Å². The van der Waals surface area contributed by atoms with Crippen molar-refractivity contribution in [2.45, 2.75) is 26.1 Å². The fourth-order valence-electron chi connectivity index (χ4n) is 2.94. The standard InChI is InChI=1S/C21H21N3O/c1-16(21-12-19-4-2-3-5-20(19)25-21)23-13-17-6-8-18(9-7-17)14-24-11-10-22-15-24/h2-12,15-16,23H,13-14H2,1H3. The maximum atomic E-state index is 5.92. The molecule has 1 atom stereocenters. The van der Waals surface area contributed by atoms with Gasteiger partial charge >= 0.3 is 0 Å². The van der Waals surface area contributed by atoms with E-state index in [0.29, 0.717) is 0 Å².